The topological polar surface area (TPSA) is 98.6 Å². The molecule has 0 aliphatic rings. The van der Waals surface area contributed by atoms with Crippen molar-refractivity contribution in [1.29, 1.82) is 0 Å². The van der Waals surface area contributed by atoms with E-state index in [-0.39, 0.29) is 5.82 Å². The van der Waals surface area contributed by atoms with E-state index in [1.807, 2.05) is 38.1 Å². The number of aliphatic imine (C=N–C) groups is 1. The second kappa shape index (κ2) is 6.67. The zero-order valence-corrected chi connectivity index (χ0v) is 11.5. The van der Waals surface area contributed by atoms with Gasteiger partial charge in [-0.1, -0.05) is 24.6 Å². The van der Waals surface area contributed by atoms with Gasteiger partial charge in [-0.15, -0.1) is 0 Å². The van der Waals surface area contributed by atoms with E-state index in [9.17, 15) is 0 Å². The third-order valence-electron chi connectivity index (χ3n) is 2.49. The summed E-state index contributed by atoms with van der Waals surface area (Å²) in [4.78, 5) is 9.69. The molecule has 0 bridgehead atoms. The lowest BCUT2D eigenvalue weighted by Crippen LogP contribution is -2.26. The van der Waals surface area contributed by atoms with E-state index in [1.165, 1.54) is 0 Å². The molecule has 2 aromatic rings. The Labute approximate surface area is 116 Å². The maximum atomic E-state index is 5.68. The Morgan fingerprint density at radius 1 is 1.35 bits per heavy atom. The van der Waals surface area contributed by atoms with Crippen LogP contribution in [0.2, 0.25) is 0 Å². The van der Waals surface area contributed by atoms with Crippen molar-refractivity contribution < 1.29 is 9.47 Å². The number of aromatic nitrogens is 2. The number of hydrogen-bond donors (Lipinski definition) is 2. The highest BCUT2D eigenvalue weighted by molar-refractivity contribution is 6.01. The fourth-order valence-electron chi connectivity index (χ4n) is 1.45. The predicted octanol–water partition coefficient (Wildman–Crippen LogP) is 1.97. The highest BCUT2D eigenvalue weighted by Gasteiger charge is 2.14. The van der Waals surface area contributed by atoms with Gasteiger partial charge in [0.15, 0.2) is 17.3 Å². The lowest BCUT2D eigenvalue weighted by molar-refractivity contribution is 0.0857. The maximum absolute atomic E-state index is 5.68. The molecule has 2 rings (SSSR count). The molecule has 7 heteroatoms. The average molecular weight is 275 g/mol. The van der Waals surface area contributed by atoms with E-state index in [0.717, 1.165) is 17.7 Å². The van der Waals surface area contributed by atoms with Crippen LogP contribution in [0.4, 0.5) is 11.5 Å². The van der Waals surface area contributed by atoms with E-state index in [1.54, 1.807) is 0 Å². The van der Waals surface area contributed by atoms with Crippen LogP contribution in [0.15, 0.2) is 33.9 Å². The summed E-state index contributed by atoms with van der Waals surface area (Å²) in [6.45, 7) is 4.55. The third kappa shape index (κ3) is 3.55. The van der Waals surface area contributed by atoms with Crippen LogP contribution in [0, 0.1) is 6.92 Å². The fraction of sp³-hybridized carbons (Fsp3) is 0.308. The highest BCUT2D eigenvalue weighted by Crippen LogP contribution is 2.15. The van der Waals surface area contributed by atoms with Crippen molar-refractivity contribution in [2.75, 3.05) is 12.3 Å². The molecule has 0 amide bonds. The van der Waals surface area contributed by atoms with Crippen molar-refractivity contribution in [2.24, 2.45) is 4.99 Å². The number of anilines is 1. The van der Waals surface area contributed by atoms with Crippen molar-refractivity contribution in [3.63, 3.8) is 0 Å². The number of nitrogen functional groups attached to an aromatic ring is 1. The summed E-state index contributed by atoms with van der Waals surface area (Å²) in [5.41, 5.74) is 10.6. The lowest BCUT2D eigenvalue weighted by Gasteiger charge is -2.07. The molecule has 0 fully saturated rings. The lowest BCUT2D eigenvalue weighted by atomic mass is 10.2. The minimum Gasteiger partial charge on any atom is -0.379 e. The molecule has 20 heavy (non-hydrogen) atoms. The first-order chi connectivity index (χ1) is 9.70. The molecule has 0 spiro atoms. The van der Waals surface area contributed by atoms with Crippen LogP contribution in [0.3, 0.4) is 0 Å². The number of hydrogen-bond acceptors (Lipinski definition) is 6. The van der Waals surface area contributed by atoms with Gasteiger partial charge in [0, 0.05) is 0 Å². The summed E-state index contributed by atoms with van der Waals surface area (Å²) in [5, 5.41) is 7.26. The number of aryl methyl sites for hydroxylation is 1. The molecule has 1 heterocycles. The Morgan fingerprint density at radius 3 is 2.70 bits per heavy atom. The second-order valence-electron chi connectivity index (χ2n) is 4.24. The molecular formula is C13H17N5O2. The van der Waals surface area contributed by atoms with Crippen LogP contribution in [0.5, 0.6) is 0 Å². The molecule has 0 radical (unpaired) electrons. The third-order valence-corrected chi connectivity index (χ3v) is 2.49. The first-order valence-electron chi connectivity index (χ1n) is 6.32. The van der Waals surface area contributed by atoms with Crippen LogP contribution in [0.1, 0.15) is 24.6 Å². The number of nitrogens with two attached hydrogens (primary N) is 1. The molecule has 3 N–H and O–H groups in total. The van der Waals surface area contributed by atoms with Gasteiger partial charge in [0.05, 0.1) is 12.3 Å². The smallest absolute Gasteiger partial charge is 0.199 e. The number of benzene rings is 1. The molecule has 0 aliphatic heterocycles. The van der Waals surface area contributed by atoms with Gasteiger partial charge in [-0.05, 0) is 35.8 Å². The van der Waals surface area contributed by atoms with Crippen LogP contribution in [-0.4, -0.2) is 22.8 Å². The Balaban J connectivity index is 2.26. The normalized spacial score (nSPS) is 11.6. The number of amidine groups is 1. The summed E-state index contributed by atoms with van der Waals surface area (Å²) in [7, 11) is 0. The number of nitrogens with zero attached hydrogens (tertiary/aromatic N) is 3. The summed E-state index contributed by atoms with van der Waals surface area (Å²) in [5.74, 6) is 0.518. The minimum absolute atomic E-state index is 0.156. The van der Waals surface area contributed by atoms with Crippen molar-refractivity contribution in [2.45, 2.75) is 20.3 Å². The molecule has 0 saturated heterocycles. The van der Waals surface area contributed by atoms with Crippen LogP contribution in [-0.2, 0) is 4.84 Å². The second-order valence-corrected chi connectivity index (χ2v) is 4.24. The number of rotatable bonds is 5. The van der Waals surface area contributed by atoms with Crippen LogP contribution in [0.25, 0.3) is 0 Å². The molecule has 0 atom stereocenters. The van der Waals surface area contributed by atoms with Crippen molar-refractivity contribution in [1.82, 2.24) is 15.8 Å². The monoisotopic (exact) mass is 275 g/mol. The van der Waals surface area contributed by atoms with Crippen molar-refractivity contribution in [3.05, 3.63) is 35.5 Å². The van der Waals surface area contributed by atoms with Crippen molar-refractivity contribution in [3.8, 4) is 0 Å². The Kier molecular flexibility index (Phi) is 4.67. The number of nitrogens with one attached hydrogen (secondary N) is 1. The van der Waals surface area contributed by atoms with Gasteiger partial charge in [0.1, 0.15) is 0 Å². The predicted molar refractivity (Wildman–Crippen MR) is 75.5 cm³/mol. The Morgan fingerprint density at radius 2 is 2.10 bits per heavy atom. The molecule has 0 aliphatic carbocycles. The summed E-state index contributed by atoms with van der Waals surface area (Å²) < 4.78 is 4.59. The molecule has 0 unspecified atom stereocenters. The van der Waals surface area contributed by atoms with Gasteiger partial charge >= 0.3 is 0 Å². The summed E-state index contributed by atoms with van der Waals surface area (Å²) in [6, 6.07) is 7.71. The average Bonchev–Trinajstić information content (AvgIpc) is 2.86. The maximum Gasteiger partial charge on any atom is 0.199 e. The Hall–Kier alpha value is -2.41. The Bertz CT molecular complexity index is 577. The van der Waals surface area contributed by atoms with E-state index in [2.05, 4.69) is 25.4 Å². The molecule has 1 aromatic carbocycles. The molecule has 1 aromatic heterocycles. The first-order valence-corrected chi connectivity index (χ1v) is 6.32. The van der Waals surface area contributed by atoms with Gasteiger partial charge in [0.2, 0.25) is 0 Å². The molecule has 7 nitrogen and oxygen atoms in total. The van der Waals surface area contributed by atoms with Crippen LogP contribution >= 0.6 is 0 Å². The first kappa shape index (κ1) is 14.0. The zero-order chi connectivity index (χ0) is 14.4. The van der Waals surface area contributed by atoms with Gasteiger partial charge in [0.25, 0.3) is 0 Å². The van der Waals surface area contributed by atoms with Gasteiger partial charge < -0.3 is 5.73 Å². The van der Waals surface area contributed by atoms with E-state index >= 15 is 0 Å². The standard InChI is InChI=1S/C13H17N5O2/c1-3-8-19-18-13(11-12(14)17-20-16-11)15-10-6-4-9(2)5-7-10/h4-7H,3,8H2,1-2H3,(H2,14,17)(H,15,18). The fourth-order valence-corrected chi connectivity index (χ4v) is 1.45. The molecule has 0 saturated carbocycles. The van der Waals surface area contributed by atoms with Crippen molar-refractivity contribution >= 4 is 17.3 Å². The molecule has 106 valence electrons. The van der Waals surface area contributed by atoms with E-state index in [4.69, 9.17) is 10.6 Å². The quantitative estimate of drug-likeness (QED) is 0.374. The zero-order valence-electron chi connectivity index (χ0n) is 11.5. The van der Waals surface area contributed by atoms with Crippen LogP contribution < -0.4 is 11.2 Å². The summed E-state index contributed by atoms with van der Waals surface area (Å²) >= 11 is 0. The summed E-state index contributed by atoms with van der Waals surface area (Å²) in [6.07, 6.45) is 0.872. The largest absolute Gasteiger partial charge is 0.379 e. The number of hydroxylamine groups is 1. The SMILES string of the molecule is CCCONC(=Nc1ccc(C)cc1)c1nonc1N. The minimum atomic E-state index is 0.156. The van der Waals surface area contributed by atoms with Gasteiger partial charge in [-0.25, -0.2) is 15.1 Å². The van der Waals surface area contributed by atoms with E-state index < -0.39 is 0 Å². The van der Waals surface area contributed by atoms with Gasteiger partial charge in [-0.3, -0.25) is 4.84 Å². The van der Waals surface area contributed by atoms with Gasteiger partial charge in [-0.2, -0.15) is 0 Å². The molecular weight excluding hydrogens is 258 g/mol. The highest BCUT2D eigenvalue weighted by atomic mass is 16.6. The van der Waals surface area contributed by atoms with E-state index in [0.29, 0.717) is 18.1 Å².